The van der Waals surface area contributed by atoms with Crippen LogP contribution in [0.25, 0.3) is 0 Å². The average Bonchev–Trinajstić information content (AvgIpc) is 2.89. The summed E-state index contributed by atoms with van der Waals surface area (Å²) in [5, 5.41) is 0. The molecule has 1 heterocycles. The quantitative estimate of drug-likeness (QED) is 0.629. The monoisotopic (exact) mass is 355 g/mol. The van der Waals surface area contributed by atoms with Crippen molar-refractivity contribution >= 4 is 17.5 Å². The van der Waals surface area contributed by atoms with E-state index in [-0.39, 0.29) is 11.6 Å². The van der Waals surface area contributed by atoms with Crippen LogP contribution in [0.4, 0.5) is 0 Å². The maximum absolute atomic E-state index is 12.7. The number of H-pyrrole nitrogens is 1. The van der Waals surface area contributed by atoms with Gasteiger partial charge in [0.15, 0.2) is 11.9 Å². The second-order valence-corrected chi connectivity index (χ2v) is 7.08. The third kappa shape index (κ3) is 3.62. The van der Waals surface area contributed by atoms with Gasteiger partial charge in [-0.2, -0.15) is 0 Å². The number of esters is 1. The highest BCUT2D eigenvalue weighted by Crippen LogP contribution is 2.26. The number of benzene rings is 1. The van der Waals surface area contributed by atoms with E-state index in [1.165, 1.54) is 6.92 Å². The van der Waals surface area contributed by atoms with Gasteiger partial charge in [0.25, 0.3) is 0 Å². The predicted octanol–water partition coefficient (Wildman–Crippen LogP) is 3.93. The van der Waals surface area contributed by atoms with Crippen molar-refractivity contribution in [3.8, 4) is 0 Å². The number of carbonyl (C=O) groups is 3. The Balaban J connectivity index is 2.21. The molecule has 1 N–H and O–H groups in total. The van der Waals surface area contributed by atoms with Crippen molar-refractivity contribution in [2.24, 2.45) is 0 Å². The Hall–Kier alpha value is -2.69. The summed E-state index contributed by atoms with van der Waals surface area (Å²) >= 11 is 0. The van der Waals surface area contributed by atoms with Crippen LogP contribution < -0.4 is 0 Å². The minimum Gasteiger partial charge on any atom is -0.454 e. The summed E-state index contributed by atoms with van der Waals surface area (Å²) in [5.41, 5.74) is 1.99. The molecule has 0 unspecified atom stereocenters. The van der Waals surface area contributed by atoms with Crippen molar-refractivity contribution in [3.05, 3.63) is 58.4 Å². The van der Waals surface area contributed by atoms with Crippen molar-refractivity contribution in [3.63, 3.8) is 0 Å². The number of aromatic nitrogens is 1. The molecule has 138 valence electrons. The molecule has 0 fully saturated rings. The van der Waals surface area contributed by atoms with Gasteiger partial charge >= 0.3 is 5.97 Å². The van der Waals surface area contributed by atoms with Gasteiger partial charge in [0.2, 0.25) is 5.78 Å². The predicted molar refractivity (Wildman–Crippen MR) is 99.6 cm³/mol. The first-order chi connectivity index (χ1) is 12.1. The van der Waals surface area contributed by atoms with Gasteiger partial charge < -0.3 is 9.72 Å². The van der Waals surface area contributed by atoms with E-state index >= 15 is 0 Å². The van der Waals surface area contributed by atoms with Gasteiger partial charge in [0.05, 0.1) is 11.1 Å². The fourth-order valence-corrected chi connectivity index (χ4v) is 3.06. The first kappa shape index (κ1) is 19.6. The smallest absolute Gasteiger partial charge is 0.316 e. The Morgan fingerprint density at radius 2 is 1.65 bits per heavy atom. The molecule has 5 heteroatoms. The van der Waals surface area contributed by atoms with E-state index in [2.05, 4.69) is 4.98 Å². The fourth-order valence-electron chi connectivity index (χ4n) is 3.06. The molecule has 5 nitrogen and oxygen atoms in total. The molecule has 1 aromatic carbocycles. The summed E-state index contributed by atoms with van der Waals surface area (Å²) in [5.74, 6) is -0.933. The standard InChI is InChI=1S/C21H25NO4/c1-12-17(14(3)23)13(2)22-18(12)19(24)15(4)26-20(25)21(5,6)16-10-8-7-9-11-16/h7-11,15,22H,1-6H3/t15-/m0/s1. The van der Waals surface area contributed by atoms with E-state index in [4.69, 9.17) is 4.74 Å². The molecule has 2 aromatic rings. The van der Waals surface area contributed by atoms with E-state index in [0.29, 0.717) is 22.5 Å². The molecule has 0 saturated carbocycles. The maximum atomic E-state index is 12.7. The van der Waals surface area contributed by atoms with E-state index in [9.17, 15) is 14.4 Å². The lowest BCUT2D eigenvalue weighted by atomic mass is 9.85. The van der Waals surface area contributed by atoms with Crippen LogP contribution in [0.3, 0.4) is 0 Å². The highest BCUT2D eigenvalue weighted by Gasteiger charge is 2.34. The number of nitrogens with one attached hydrogen (secondary N) is 1. The molecule has 1 atom stereocenters. The van der Waals surface area contributed by atoms with Gasteiger partial charge in [-0.1, -0.05) is 30.3 Å². The summed E-state index contributed by atoms with van der Waals surface area (Å²) < 4.78 is 5.46. The number of ketones is 2. The summed E-state index contributed by atoms with van der Waals surface area (Å²) in [6, 6.07) is 9.29. The molecule has 0 spiro atoms. The van der Waals surface area contributed by atoms with Crippen LogP contribution in [0.1, 0.15) is 65.4 Å². The van der Waals surface area contributed by atoms with Crippen LogP contribution in [0, 0.1) is 13.8 Å². The lowest BCUT2D eigenvalue weighted by molar-refractivity contribution is -0.152. The number of hydrogen-bond donors (Lipinski definition) is 1. The minimum atomic E-state index is -0.956. The van der Waals surface area contributed by atoms with Crippen LogP contribution in [0.2, 0.25) is 0 Å². The number of aryl methyl sites for hydroxylation is 1. The van der Waals surface area contributed by atoms with Crippen molar-refractivity contribution in [2.45, 2.75) is 53.1 Å². The van der Waals surface area contributed by atoms with E-state index in [1.807, 2.05) is 30.3 Å². The number of rotatable bonds is 6. The Bertz CT molecular complexity index is 846. The summed E-state index contributed by atoms with van der Waals surface area (Å²) in [4.78, 5) is 40.1. The topological polar surface area (TPSA) is 76.2 Å². The third-order valence-corrected chi connectivity index (χ3v) is 4.69. The number of aromatic amines is 1. The first-order valence-electron chi connectivity index (χ1n) is 8.58. The summed E-state index contributed by atoms with van der Waals surface area (Å²) in [6.45, 7) is 10.00. The lowest BCUT2D eigenvalue weighted by Crippen LogP contribution is -2.36. The van der Waals surface area contributed by atoms with E-state index in [1.54, 1.807) is 34.6 Å². The van der Waals surface area contributed by atoms with E-state index in [0.717, 1.165) is 5.56 Å². The third-order valence-electron chi connectivity index (χ3n) is 4.69. The molecule has 0 amide bonds. The molecule has 0 radical (unpaired) electrons. The SMILES string of the molecule is CC(=O)c1c(C)[nH]c(C(=O)[C@H](C)OC(=O)C(C)(C)c2ccccc2)c1C. The molecule has 0 aliphatic heterocycles. The largest absolute Gasteiger partial charge is 0.454 e. The van der Waals surface area contributed by atoms with Gasteiger partial charge in [0.1, 0.15) is 0 Å². The molecule has 0 bridgehead atoms. The van der Waals surface area contributed by atoms with Gasteiger partial charge in [-0.25, -0.2) is 0 Å². The van der Waals surface area contributed by atoms with Crippen LogP contribution >= 0.6 is 0 Å². The Kier molecular flexibility index (Phi) is 5.50. The van der Waals surface area contributed by atoms with E-state index < -0.39 is 17.5 Å². The van der Waals surface area contributed by atoms with Crippen LogP contribution in [-0.2, 0) is 14.9 Å². The Morgan fingerprint density at radius 1 is 1.08 bits per heavy atom. The number of ether oxygens (including phenoxy) is 1. The van der Waals surface area contributed by atoms with Crippen molar-refractivity contribution < 1.29 is 19.1 Å². The normalized spacial score (nSPS) is 12.5. The Morgan fingerprint density at radius 3 is 2.15 bits per heavy atom. The highest BCUT2D eigenvalue weighted by atomic mass is 16.5. The molecular weight excluding hydrogens is 330 g/mol. The van der Waals surface area contributed by atoms with Crippen LogP contribution in [-0.4, -0.2) is 28.6 Å². The average molecular weight is 355 g/mol. The zero-order chi connectivity index (χ0) is 19.6. The van der Waals surface area contributed by atoms with Crippen molar-refractivity contribution in [2.75, 3.05) is 0 Å². The Labute approximate surface area is 153 Å². The van der Waals surface area contributed by atoms with Gasteiger partial charge in [-0.3, -0.25) is 14.4 Å². The van der Waals surface area contributed by atoms with Crippen LogP contribution in [0.15, 0.2) is 30.3 Å². The summed E-state index contributed by atoms with van der Waals surface area (Å²) in [7, 11) is 0. The molecule has 26 heavy (non-hydrogen) atoms. The molecule has 0 aliphatic rings. The second kappa shape index (κ2) is 7.28. The maximum Gasteiger partial charge on any atom is 0.316 e. The molecule has 1 aromatic heterocycles. The molecule has 2 rings (SSSR count). The second-order valence-electron chi connectivity index (χ2n) is 7.08. The summed E-state index contributed by atoms with van der Waals surface area (Å²) in [6.07, 6.45) is -0.956. The minimum absolute atomic E-state index is 0.106. The number of carbonyl (C=O) groups excluding carboxylic acids is 3. The van der Waals surface area contributed by atoms with Crippen LogP contribution in [0.5, 0.6) is 0 Å². The highest BCUT2D eigenvalue weighted by molar-refractivity contribution is 6.05. The molecular formula is C21H25NO4. The van der Waals surface area contributed by atoms with Gasteiger partial charge in [0, 0.05) is 11.3 Å². The fraction of sp³-hybridized carbons (Fsp3) is 0.381. The van der Waals surface area contributed by atoms with Gasteiger partial charge in [-0.05, 0) is 52.7 Å². The molecule has 0 aliphatic carbocycles. The first-order valence-corrected chi connectivity index (χ1v) is 8.58. The zero-order valence-corrected chi connectivity index (χ0v) is 16.1. The zero-order valence-electron chi connectivity index (χ0n) is 16.1. The van der Waals surface area contributed by atoms with Gasteiger partial charge in [-0.15, -0.1) is 0 Å². The number of Topliss-reactive ketones (excluding diaryl/α,β-unsaturated/α-hetero) is 2. The van der Waals surface area contributed by atoms with Crippen molar-refractivity contribution in [1.82, 2.24) is 4.98 Å². The number of hydrogen-bond acceptors (Lipinski definition) is 4. The van der Waals surface area contributed by atoms with Crippen molar-refractivity contribution in [1.29, 1.82) is 0 Å². The molecule has 0 saturated heterocycles. The lowest BCUT2D eigenvalue weighted by Gasteiger charge is -2.25.